The molecule has 31 heavy (non-hydrogen) atoms. The first-order valence-electron chi connectivity index (χ1n) is 10.0. The van der Waals surface area contributed by atoms with Gasteiger partial charge in [0, 0.05) is 11.6 Å². The van der Waals surface area contributed by atoms with Crippen molar-refractivity contribution in [2.75, 3.05) is 18.6 Å². The van der Waals surface area contributed by atoms with Crippen LogP contribution < -0.4 is 9.64 Å². The maximum atomic E-state index is 13.0. The fourth-order valence-corrected chi connectivity index (χ4v) is 3.51. The number of nitrogens with zero attached hydrogens (tertiary/aromatic N) is 1. The van der Waals surface area contributed by atoms with Crippen LogP contribution in [0, 0.1) is 5.92 Å². The molecule has 1 heterocycles. The van der Waals surface area contributed by atoms with Gasteiger partial charge >= 0.3 is 5.97 Å². The first-order chi connectivity index (χ1) is 14.8. The Kier molecular flexibility index (Phi) is 6.44. The molecular formula is C24H25NO6. The van der Waals surface area contributed by atoms with Crippen LogP contribution in [0.1, 0.15) is 42.7 Å². The zero-order valence-corrected chi connectivity index (χ0v) is 17.9. The van der Waals surface area contributed by atoms with Crippen molar-refractivity contribution in [1.82, 2.24) is 0 Å². The van der Waals surface area contributed by atoms with E-state index in [2.05, 4.69) is 0 Å². The van der Waals surface area contributed by atoms with Crippen LogP contribution in [0.3, 0.4) is 0 Å². The van der Waals surface area contributed by atoms with E-state index in [1.807, 2.05) is 0 Å². The van der Waals surface area contributed by atoms with E-state index in [-0.39, 0.29) is 18.0 Å². The maximum absolute atomic E-state index is 13.0. The number of ether oxygens (including phenoxy) is 2. The molecule has 0 radical (unpaired) electrons. The van der Waals surface area contributed by atoms with Crippen LogP contribution >= 0.6 is 0 Å². The number of Topliss-reactive ketones (excluding diaryl/α,β-unsaturated/α-hetero) is 1. The molecule has 0 aliphatic carbocycles. The molecule has 0 saturated carbocycles. The number of aliphatic hydroxyl groups is 1. The zero-order chi connectivity index (χ0) is 22.7. The molecule has 0 spiro atoms. The second-order valence-electron chi connectivity index (χ2n) is 7.40. The van der Waals surface area contributed by atoms with Gasteiger partial charge in [0.15, 0.2) is 11.5 Å². The summed E-state index contributed by atoms with van der Waals surface area (Å²) in [5.41, 5.74) is 1.49. The summed E-state index contributed by atoms with van der Waals surface area (Å²) in [5, 5.41) is 10.6. The lowest BCUT2D eigenvalue weighted by molar-refractivity contribution is -0.119. The van der Waals surface area contributed by atoms with Crippen LogP contribution in [0.15, 0.2) is 59.9 Å². The lowest BCUT2D eigenvalue weighted by Gasteiger charge is -2.27. The van der Waals surface area contributed by atoms with Crippen LogP contribution in [-0.2, 0) is 14.3 Å². The Hall–Kier alpha value is -3.61. The standard InChI is InChI=1S/C24H25NO6/c1-5-31-24(29)16-6-10-17(11-7-16)25-20(15-8-12-18(30-4)13-9-15)19(21(26)14(2)3)22(27)23(25)28/h6-14,20,27H,5H2,1-4H3. The van der Waals surface area contributed by atoms with Crippen molar-refractivity contribution < 1.29 is 29.0 Å². The number of ketones is 1. The molecule has 1 aliphatic rings. The normalized spacial score (nSPS) is 16.1. The van der Waals surface area contributed by atoms with Crippen molar-refractivity contribution in [2.45, 2.75) is 26.8 Å². The molecule has 0 bridgehead atoms. The topological polar surface area (TPSA) is 93.1 Å². The van der Waals surface area contributed by atoms with Crippen molar-refractivity contribution in [1.29, 1.82) is 0 Å². The van der Waals surface area contributed by atoms with Gasteiger partial charge in [0.2, 0.25) is 0 Å². The Morgan fingerprint density at radius 3 is 2.19 bits per heavy atom. The van der Waals surface area contributed by atoms with Gasteiger partial charge in [0.25, 0.3) is 5.91 Å². The smallest absolute Gasteiger partial charge is 0.338 e. The van der Waals surface area contributed by atoms with Gasteiger partial charge < -0.3 is 14.6 Å². The zero-order valence-electron chi connectivity index (χ0n) is 17.9. The van der Waals surface area contributed by atoms with Gasteiger partial charge in [-0.25, -0.2) is 4.79 Å². The first kappa shape index (κ1) is 22.1. The molecule has 1 atom stereocenters. The van der Waals surface area contributed by atoms with Gasteiger partial charge in [0.05, 0.1) is 30.9 Å². The van der Waals surface area contributed by atoms with E-state index in [0.717, 1.165) is 0 Å². The van der Waals surface area contributed by atoms with Crippen molar-refractivity contribution in [2.24, 2.45) is 5.92 Å². The van der Waals surface area contributed by atoms with E-state index >= 15 is 0 Å². The van der Waals surface area contributed by atoms with Crippen molar-refractivity contribution in [3.8, 4) is 5.75 Å². The average molecular weight is 423 g/mol. The largest absolute Gasteiger partial charge is 0.503 e. The van der Waals surface area contributed by atoms with Crippen molar-refractivity contribution in [3.05, 3.63) is 71.0 Å². The van der Waals surface area contributed by atoms with Crippen molar-refractivity contribution in [3.63, 3.8) is 0 Å². The lowest BCUT2D eigenvalue weighted by Crippen LogP contribution is -2.31. The minimum Gasteiger partial charge on any atom is -0.503 e. The average Bonchev–Trinajstić information content (AvgIpc) is 3.04. The lowest BCUT2D eigenvalue weighted by atomic mass is 9.91. The second kappa shape index (κ2) is 9.04. The summed E-state index contributed by atoms with van der Waals surface area (Å²) in [6, 6.07) is 12.4. The molecule has 1 N–H and O–H groups in total. The van der Waals surface area contributed by atoms with Gasteiger partial charge in [-0.2, -0.15) is 0 Å². The fraction of sp³-hybridized carbons (Fsp3) is 0.292. The molecule has 2 aromatic carbocycles. The Balaban J connectivity index is 2.08. The van der Waals surface area contributed by atoms with Gasteiger partial charge in [0.1, 0.15) is 5.75 Å². The molecule has 1 unspecified atom stereocenters. The third-order valence-corrected chi connectivity index (χ3v) is 5.09. The number of rotatable bonds is 7. The summed E-state index contributed by atoms with van der Waals surface area (Å²) in [4.78, 5) is 39.2. The molecule has 2 aromatic rings. The van der Waals surface area contributed by atoms with Gasteiger partial charge in [-0.1, -0.05) is 26.0 Å². The summed E-state index contributed by atoms with van der Waals surface area (Å²) in [6.07, 6.45) is 0. The number of carbonyl (C=O) groups excluding carboxylic acids is 3. The summed E-state index contributed by atoms with van der Waals surface area (Å²) in [5.74, 6) is -1.79. The minimum absolute atomic E-state index is 0.0552. The molecular weight excluding hydrogens is 398 g/mol. The fourth-order valence-electron chi connectivity index (χ4n) is 3.51. The number of amides is 1. The Bertz CT molecular complexity index is 1020. The predicted molar refractivity (Wildman–Crippen MR) is 115 cm³/mol. The summed E-state index contributed by atoms with van der Waals surface area (Å²) >= 11 is 0. The van der Waals surface area contributed by atoms with Crippen molar-refractivity contribution >= 4 is 23.3 Å². The number of hydrogen-bond acceptors (Lipinski definition) is 6. The van der Waals surface area contributed by atoms with E-state index in [1.165, 1.54) is 4.90 Å². The van der Waals surface area contributed by atoms with E-state index in [4.69, 9.17) is 9.47 Å². The summed E-state index contributed by atoms with van der Waals surface area (Å²) in [7, 11) is 1.55. The highest BCUT2D eigenvalue weighted by Crippen LogP contribution is 2.42. The van der Waals surface area contributed by atoms with Crippen LogP contribution in [0.5, 0.6) is 5.75 Å². The Morgan fingerprint density at radius 2 is 1.68 bits per heavy atom. The SMILES string of the molecule is CCOC(=O)c1ccc(N2C(=O)C(O)=C(C(=O)C(C)C)C2c2ccc(OC)cc2)cc1. The quantitative estimate of drug-likeness (QED) is 0.677. The van der Waals surface area contributed by atoms with Crippen LogP contribution in [0.2, 0.25) is 0 Å². The highest BCUT2D eigenvalue weighted by Gasteiger charge is 2.44. The number of esters is 1. The Morgan fingerprint density at radius 1 is 1.06 bits per heavy atom. The van der Waals surface area contributed by atoms with E-state index in [1.54, 1.807) is 76.4 Å². The first-order valence-corrected chi connectivity index (χ1v) is 10.0. The van der Waals surface area contributed by atoms with Crippen LogP contribution in [0.4, 0.5) is 5.69 Å². The molecule has 0 saturated heterocycles. The molecule has 7 heteroatoms. The number of hydrogen-bond donors (Lipinski definition) is 1. The summed E-state index contributed by atoms with van der Waals surface area (Å²) in [6.45, 7) is 5.41. The third-order valence-electron chi connectivity index (χ3n) is 5.09. The number of methoxy groups -OCH3 is 1. The number of carbonyl (C=O) groups is 3. The number of anilines is 1. The molecule has 7 nitrogen and oxygen atoms in total. The number of benzene rings is 2. The molecule has 1 amide bonds. The monoisotopic (exact) mass is 423 g/mol. The molecule has 1 aliphatic heterocycles. The highest BCUT2D eigenvalue weighted by molar-refractivity contribution is 6.17. The molecule has 0 aromatic heterocycles. The third kappa shape index (κ3) is 4.17. The van der Waals surface area contributed by atoms with E-state index in [0.29, 0.717) is 22.6 Å². The molecule has 162 valence electrons. The van der Waals surface area contributed by atoms with Gasteiger partial charge in [-0.3, -0.25) is 14.5 Å². The Labute approximate surface area is 180 Å². The number of aliphatic hydroxyl groups excluding tert-OH is 1. The predicted octanol–water partition coefficient (Wildman–Crippen LogP) is 4.00. The van der Waals surface area contributed by atoms with Gasteiger partial charge in [-0.15, -0.1) is 0 Å². The summed E-state index contributed by atoms with van der Waals surface area (Å²) < 4.78 is 10.2. The highest BCUT2D eigenvalue weighted by atomic mass is 16.5. The van der Waals surface area contributed by atoms with Crippen LogP contribution in [0.25, 0.3) is 0 Å². The maximum Gasteiger partial charge on any atom is 0.338 e. The minimum atomic E-state index is -0.804. The second-order valence-corrected chi connectivity index (χ2v) is 7.40. The van der Waals surface area contributed by atoms with E-state index in [9.17, 15) is 19.5 Å². The van der Waals surface area contributed by atoms with E-state index < -0.39 is 29.6 Å². The molecule has 3 rings (SSSR count). The van der Waals surface area contributed by atoms with Gasteiger partial charge in [-0.05, 0) is 48.9 Å². The van der Waals surface area contributed by atoms with Crippen LogP contribution in [-0.4, -0.2) is 36.5 Å². The molecule has 0 fully saturated rings.